The molecule has 1 heterocycles. The molecule has 1 aromatic rings. The van der Waals surface area contributed by atoms with Crippen LogP contribution in [0.2, 0.25) is 0 Å². The van der Waals surface area contributed by atoms with Gasteiger partial charge in [-0.3, -0.25) is 0 Å². The lowest BCUT2D eigenvalue weighted by Gasteiger charge is -2.14. The molecule has 0 aliphatic carbocycles. The molecule has 15 heavy (non-hydrogen) atoms. The van der Waals surface area contributed by atoms with Crippen LogP contribution in [0.25, 0.3) is 0 Å². The molecule has 0 aromatic carbocycles. The molecule has 0 aliphatic heterocycles. The molecule has 2 N–H and O–H groups in total. The van der Waals surface area contributed by atoms with Crippen molar-refractivity contribution in [2.24, 2.45) is 5.73 Å². The van der Waals surface area contributed by atoms with Gasteiger partial charge in [-0.15, -0.1) is 12.4 Å². The molecule has 0 unspecified atom stereocenters. The van der Waals surface area contributed by atoms with Crippen molar-refractivity contribution in [3.63, 3.8) is 0 Å². The van der Waals surface area contributed by atoms with E-state index in [2.05, 4.69) is 20.9 Å². The highest BCUT2D eigenvalue weighted by atomic mass is 79.9. The topological polar surface area (TPSA) is 38.9 Å². The summed E-state index contributed by atoms with van der Waals surface area (Å²) < 4.78 is 36.4. The fourth-order valence-electron chi connectivity index (χ4n) is 1.03. The largest absolute Gasteiger partial charge is 0.390 e. The molecule has 86 valence electrons. The van der Waals surface area contributed by atoms with E-state index in [1.54, 1.807) is 6.07 Å². The van der Waals surface area contributed by atoms with Gasteiger partial charge in [-0.1, -0.05) is 6.07 Å². The van der Waals surface area contributed by atoms with Crippen LogP contribution in [-0.2, 0) is 0 Å². The second-order valence-corrected chi connectivity index (χ2v) is 3.56. The number of hydrogen-bond donors (Lipinski definition) is 1. The van der Waals surface area contributed by atoms with E-state index in [-0.39, 0.29) is 12.4 Å². The summed E-state index contributed by atoms with van der Waals surface area (Å²) >= 11 is 3.05. The van der Waals surface area contributed by atoms with Crippen molar-refractivity contribution in [3.05, 3.63) is 28.5 Å². The maximum atomic E-state index is 12.0. The number of pyridine rings is 1. The number of nitrogens with two attached hydrogens (primary N) is 1. The molecule has 0 saturated carbocycles. The summed E-state index contributed by atoms with van der Waals surface area (Å²) in [6.45, 7) is 0. The van der Waals surface area contributed by atoms with E-state index in [4.69, 9.17) is 5.73 Å². The van der Waals surface area contributed by atoms with Gasteiger partial charge in [-0.05, 0) is 22.0 Å². The zero-order chi connectivity index (χ0) is 10.8. The Morgan fingerprint density at radius 1 is 1.47 bits per heavy atom. The van der Waals surface area contributed by atoms with Crippen molar-refractivity contribution >= 4 is 28.3 Å². The third-order valence-corrected chi connectivity index (χ3v) is 2.30. The second kappa shape index (κ2) is 5.67. The van der Waals surface area contributed by atoms with Crippen molar-refractivity contribution in [3.8, 4) is 0 Å². The molecule has 2 nitrogen and oxygen atoms in total. The smallest absolute Gasteiger partial charge is 0.324 e. The summed E-state index contributed by atoms with van der Waals surface area (Å²) in [6.07, 6.45) is -3.82. The van der Waals surface area contributed by atoms with Gasteiger partial charge < -0.3 is 5.73 Å². The molecular formula is C8H9BrClF3N2. The van der Waals surface area contributed by atoms with Crippen LogP contribution in [0.15, 0.2) is 22.9 Å². The minimum atomic E-state index is -4.26. The van der Waals surface area contributed by atoms with E-state index in [1.807, 2.05) is 0 Å². The standard InChI is InChI=1S/C8H8BrF3N2.ClH/c9-7-5(2-1-3-14-7)6(13)4-8(10,11)12;/h1-3,6H,4,13H2;1H/t6-;/m0./s1. The van der Waals surface area contributed by atoms with E-state index in [1.165, 1.54) is 12.3 Å². The van der Waals surface area contributed by atoms with Crippen molar-refractivity contribution in [2.45, 2.75) is 18.6 Å². The lowest BCUT2D eigenvalue weighted by Crippen LogP contribution is -2.20. The highest BCUT2D eigenvalue weighted by molar-refractivity contribution is 9.10. The SMILES string of the molecule is Cl.N[C@@H](CC(F)(F)F)c1cccnc1Br. The lowest BCUT2D eigenvalue weighted by atomic mass is 10.1. The molecule has 0 saturated heterocycles. The van der Waals surface area contributed by atoms with Gasteiger partial charge in [0.25, 0.3) is 0 Å². The normalized spacial score (nSPS) is 13.1. The average molecular weight is 306 g/mol. The van der Waals surface area contributed by atoms with Gasteiger partial charge in [-0.25, -0.2) is 4.98 Å². The van der Waals surface area contributed by atoms with Crippen molar-refractivity contribution in [1.29, 1.82) is 0 Å². The van der Waals surface area contributed by atoms with Crippen molar-refractivity contribution in [2.75, 3.05) is 0 Å². The Morgan fingerprint density at radius 3 is 2.53 bits per heavy atom. The van der Waals surface area contributed by atoms with Crippen LogP contribution in [0.1, 0.15) is 18.0 Å². The Kier molecular flexibility index (Phi) is 5.55. The second-order valence-electron chi connectivity index (χ2n) is 2.81. The Labute approximate surface area is 99.6 Å². The lowest BCUT2D eigenvalue weighted by molar-refractivity contribution is -0.138. The molecule has 0 amide bonds. The molecule has 0 aliphatic rings. The zero-order valence-corrected chi connectivity index (χ0v) is 9.86. The predicted molar refractivity (Wildman–Crippen MR) is 56.8 cm³/mol. The van der Waals surface area contributed by atoms with Crippen LogP contribution in [0.5, 0.6) is 0 Å². The molecule has 0 fully saturated rings. The van der Waals surface area contributed by atoms with Gasteiger partial charge in [0.2, 0.25) is 0 Å². The van der Waals surface area contributed by atoms with Crippen LogP contribution >= 0.6 is 28.3 Å². The first-order valence-corrected chi connectivity index (χ1v) is 4.62. The number of aromatic nitrogens is 1. The number of nitrogens with zero attached hydrogens (tertiary/aromatic N) is 1. The summed E-state index contributed by atoms with van der Waals surface area (Å²) in [7, 11) is 0. The molecule has 0 radical (unpaired) electrons. The summed E-state index contributed by atoms with van der Waals surface area (Å²) in [4.78, 5) is 3.80. The molecule has 1 rings (SSSR count). The molecular weight excluding hydrogens is 296 g/mol. The fourth-order valence-corrected chi connectivity index (χ4v) is 1.58. The average Bonchev–Trinajstić information content (AvgIpc) is 2.01. The van der Waals surface area contributed by atoms with E-state index in [0.717, 1.165) is 0 Å². The van der Waals surface area contributed by atoms with Gasteiger partial charge in [0.15, 0.2) is 0 Å². The first-order chi connectivity index (χ1) is 6.40. The Balaban J connectivity index is 0.00000196. The van der Waals surface area contributed by atoms with Gasteiger partial charge in [0.1, 0.15) is 4.60 Å². The Bertz CT molecular complexity index is 319. The highest BCUT2D eigenvalue weighted by Gasteiger charge is 2.31. The monoisotopic (exact) mass is 304 g/mol. The van der Waals surface area contributed by atoms with Gasteiger partial charge in [0, 0.05) is 17.8 Å². The molecule has 1 atom stereocenters. The third kappa shape index (κ3) is 4.81. The first kappa shape index (κ1) is 14.7. The summed E-state index contributed by atoms with van der Waals surface area (Å²) in [5.41, 5.74) is 5.76. The summed E-state index contributed by atoms with van der Waals surface area (Å²) in [6, 6.07) is 2.00. The molecule has 7 heteroatoms. The fraction of sp³-hybridized carbons (Fsp3) is 0.375. The molecule has 0 bridgehead atoms. The van der Waals surface area contributed by atoms with Crippen LogP contribution in [0.4, 0.5) is 13.2 Å². The van der Waals surface area contributed by atoms with Crippen LogP contribution in [0.3, 0.4) is 0 Å². The molecule has 0 spiro atoms. The minimum absolute atomic E-state index is 0. The molecule has 1 aromatic heterocycles. The van der Waals surface area contributed by atoms with Gasteiger partial charge >= 0.3 is 6.18 Å². The predicted octanol–water partition coefficient (Wildman–Crippen LogP) is 3.22. The van der Waals surface area contributed by atoms with Crippen molar-refractivity contribution in [1.82, 2.24) is 4.98 Å². The van der Waals surface area contributed by atoms with E-state index < -0.39 is 18.6 Å². The van der Waals surface area contributed by atoms with Gasteiger partial charge in [0.05, 0.1) is 6.42 Å². The van der Waals surface area contributed by atoms with E-state index in [9.17, 15) is 13.2 Å². The van der Waals surface area contributed by atoms with Gasteiger partial charge in [-0.2, -0.15) is 13.2 Å². The van der Waals surface area contributed by atoms with Crippen LogP contribution < -0.4 is 5.73 Å². The van der Waals surface area contributed by atoms with E-state index >= 15 is 0 Å². The number of alkyl halides is 3. The maximum Gasteiger partial charge on any atom is 0.390 e. The number of rotatable bonds is 2. The summed E-state index contributed by atoms with van der Waals surface area (Å²) in [5, 5.41) is 0. The van der Waals surface area contributed by atoms with Crippen LogP contribution in [-0.4, -0.2) is 11.2 Å². The van der Waals surface area contributed by atoms with Crippen LogP contribution in [0, 0.1) is 0 Å². The summed E-state index contributed by atoms with van der Waals surface area (Å²) in [5.74, 6) is 0. The Morgan fingerprint density at radius 2 is 2.07 bits per heavy atom. The first-order valence-electron chi connectivity index (χ1n) is 3.83. The number of hydrogen-bond acceptors (Lipinski definition) is 2. The quantitative estimate of drug-likeness (QED) is 0.852. The zero-order valence-electron chi connectivity index (χ0n) is 7.46. The minimum Gasteiger partial charge on any atom is -0.324 e. The Hall–Kier alpha value is -0.330. The highest BCUT2D eigenvalue weighted by Crippen LogP contribution is 2.30. The third-order valence-electron chi connectivity index (χ3n) is 1.64. The van der Waals surface area contributed by atoms with Crippen molar-refractivity contribution < 1.29 is 13.2 Å². The van der Waals surface area contributed by atoms with E-state index in [0.29, 0.717) is 10.2 Å². The maximum absolute atomic E-state index is 12.0. The number of halogens is 5.